The van der Waals surface area contributed by atoms with Crippen molar-refractivity contribution in [2.24, 2.45) is 0 Å². The van der Waals surface area contributed by atoms with Gasteiger partial charge in [-0.15, -0.1) is 12.4 Å². The summed E-state index contributed by atoms with van der Waals surface area (Å²) in [5.74, 6) is 0.983. The van der Waals surface area contributed by atoms with Crippen LogP contribution in [0.3, 0.4) is 0 Å². The molecular weight excluding hydrogens is 500 g/mol. The number of aromatic hydroxyl groups is 1. The van der Waals surface area contributed by atoms with Crippen molar-refractivity contribution in [1.82, 2.24) is 10.4 Å². The van der Waals surface area contributed by atoms with Crippen molar-refractivity contribution in [3.05, 3.63) is 52.7 Å². The number of nitrogens with one attached hydrogen (secondary N) is 1. The van der Waals surface area contributed by atoms with Crippen LogP contribution in [0.2, 0.25) is 0 Å². The topological polar surface area (TPSA) is 121 Å². The number of rotatable bonds is 14. The van der Waals surface area contributed by atoms with Crippen molar-refractivity contribution in [2.75, 3.05) is 33.9 Å². The predicted octanol–water partition coefficient (Wildman–Crippen LogP) is 4.75. The maximum absolute atomic E-state index is 12.7. The minimum Gasteiger partial charge on any atom is -0.507 e. The van der Waals surface area contributed by atoms with Gasteiger partial charge in [0.2, 0.25) is 5.91 Å². The lowest BCUT2D eigenvalue weighted by Crippen LogP contribution is -2.19. The second-order valence-electron chi connectivity index (χ2n) is 8.87. The number of benzene rings is 2. The Morgan fingerprint density at radius 3 is 2.32 bits per heavy atom. The highest BCUT2D eigenvalue weighted by atomic mass is 35.5. The van der Waals surface area contributed by atoms with E-state index in [9.17, 15) is 14.7 Å². The molecule has 1 heterocycles. The standard InChI is InChI=1S/C27H34N2O7.ClH/c1-29(2)13-15-35-20-11-9-19(10-12-20)24-18-23(31)27-22(30)16-21(17-25(27)36-24)34-14-7-5-3-4-6-8-26(32)28-33;/h9-12,16-18,30,33H,3-8,13-15H2,1-2H3,(H,28,32);1H. The average Bonchev–Trinajstić information content (AvgIpc) is 2.85. The molecule has 202 valence electrons. The van der Waals surface area contributed by atoms with E-state index in [-0.39, 0.29) is 40.5 Å². The molecule has 0 bridgehead atoms. The molecule has 9 nitrogen and oxygen atoms in total. The molecule has 37 heavy (non-hydrogen) atoms. The maximum atomic E-state index is 12.7. The Labute approximate surface area is 222 Å². The number of phenols is 1. The summed E-state index contributed by atoms with van der Waals surface area (Å²) in [6, 6.07) is 11.7. The summed E-state index contributed by atoms with van der Waals surface area (Å²) in [5.41, 5.74) is 2.26. The van der Waals surface area contributed by atoms with Crippen molar-refractivity contribution in [1.29, 1.82) is 0 Å². The minimum absolute atomic E-state index is 0. The Morgan fingerprint density at radius 2 is 1.62 bits per heavy atom. The van der Waals surface area contributed by atoms with E-state index < -0.39 is 0 Å². The van der Waals surface area contributed by atoms with Crippen LogP contribution in [0, 0.1) is 0 Å². The van der Waals surface area contributed by atoms with Crippen molar-refractivity contribution >= 4 is 29.3 Å². The fourth-order valence-corrected chi connectivity index (χ4v) is 3.69. The smallest absolute Gasteiger partial charge is 0.243 e. The molecule has 0 unspecified atom stereocenters. The number of hydroxylamine groups is 1. The largest absolute Gasteiger partial charge is 0.507 e. The van der Waals surface area contributed by atoms with Crippen molar-refractivity contribution in [3.8, 4) is 28.6 Å². The molecule has 0 radical (unpaired) electrons. The highest BCUT2D eigenvalue weighted by Crippen LogP contribution is 2.31. The number of amides is 1. The number of carbonyl (C=O) groups excluding carboxylic acids is 1. The second kappa shape index (κ2) is 15.1. The molecule has 0 atom stereocenters. The van der Waals surface area contributed by atoms with Gasteiger partial charge in [0.05, 0.1) is 6.61 Å². The first-order chi connectivity index (χ1) is 17.4. The van der Waals surface area contributed by atoms with Gasteiger partial charge in [-0.2, -0.15) is 0 Å². The monoisotopic (exact) mass is 534 g/mol. The number of phenolic OH excluding ortho intramolecular Hbond substituents is 1. The quantitative estimate of drug-likeness (QED) is 0.154. The third-order valence-corrected chi connectivity index (χ3v) is 5.67. The number of carbonyl (C=O) groups is 1. The molecule has 0 aliphatic rings. The number of ether oxygens (including phenoxy) is 2. The van der Waals surface area contributed by atoms with Crippen LogP contribution in [0.15, 0.2) is 51.7 Å². The zero-order valence-electron chi connectivity index (χ0n) is 21.2. The predicted molar refractivity (Wildman–Crippen MR) is 144 cm³/mol. The minimum atomic E-state index is -0.370. The summed E-state index contributed by atoms with van der Waals surface area (Å²) < 4.78 is 17.5. The van der Waals surface area contributed by atoms with Crippen LogP contribution < -0.4 is 20.4 Å². The highest BCUT2D eigenvalue weighted by molar-refractivity contribution is 5.86. The Hall–Kier alpha value is -3.27. The van der Waals surface area contributed by atoms with E-state index in [1.165, 1.54) is 12.1 Å². The van der Waals surface area contributed by atoms with E-state index in [2.05, 4.69) is 0 Å². The molecule has 1 amide bonds. The van der Waals surface area contributed by atoms with Gasteiger partial charge < -0.3 is 23.9 Å². The molecule has 0 spiro atoms. The average molecular weight is 535 g/mol. The van der Waals surface area contributed by atoms with Crippen molar-refractivity contribution in [2.45, 2.75) is 38.5 Å². The van der Waals surface area contributed by atoms with Gasteiger partial charge in [-0.25, -0.2) is 5.48 Å². The molecule has 1 aromatic heterocycles. The summed E-state index contributed by atoms with van der Waals surface area (Å²) in [6.45, 7) is 1.82. The maximum Gasteiger partial charge on any atom is 0.243 e. The van der Waals surface area contributed by atoms with Gasteiger partial charge in [-0.05, 0) is 51.2 Å². The molecule has 0 fully saturated rings. The first kappa shape index (κ1) is 30.0. The highest BCUT2D eigenvalue weighted by Gasteiger charge is 2.13. The summed E-state index contributed by atoms with van der Waals surface area (Å²) in [7, 11) is 3.96. The number of likely N-dealkylation sites (N-methyl/N-ethyl adjacent to an activating group) is 1. The van der Waals surface area contributed by atoms with Crippen LogP contribution in [-0.2, 0) is 4.79 Å². The zero-order chi connectivity index (χ0) is 25.9. The van der Waals surface area contributed by atoms with E-state index in [1.54, 1.807) is 11.5 Å². The number of hydrogen-bond donors (Lipinski definition) is 3. The molecule has 2 aromatic carbocycles. The normalized spacial score (nSPS) is 10.8. The molecule has 0 aliphatic carbocycles. The number of fused-ring (bicyclic) bond motifs is 1. The summed E-state index contributed by atoms with van der Waals surface area (Å²) in [4.78, 5) is 25.7. The summed E-state index contributed by atoms with van der Waals surface area (Å²) in [5, 5.41) is 19.0. The first-order valence-corrected chi connectivity index (χ1v) is 12.1. The number of unbranched alkanes of at least 4 members (excludes halogenated alkanes) is 4. The van der Waals surface area contributed by atoms with Crippen LogP contribution >= 0.6 is 12.4 Å². The van der Waals surface area contributed by atoms with Gasteiger partial charge in [-0.3, -0.25) is 14.8 Å². The summed E-state index contributed by atoms with van der Waals surface area (Å²) >= 11 is 0. The second-order valence-corrected chi connectivity index (χ2v) is 8.87. The van der Waals surface area contributed by atoms with Crippen molar-refractivity contribution in [3.63, 3.8) is 0 Å². The van der Waals surface area contributed by atoms with Gasteiger partial charge >= 0.3 is 0 Å². The molecule has 0 saturated carbocycles. The van der Waals surface area contributed by atoms with Crippen LogP contribution in [0.25, 0.3) is 22.3 Å². The molecule has 3 N–H and O–H groups in total. The van der Waals surface area contributed by atoms with E-state index in [4.69, 9.17) is 19.1 Å². The van der Waals surface area contributed by atoms with Crippen LogP contribution in [0.5, 0.6) is 17.2 Å². The van der Waals surface area contributed by atoms with Gasteiger partial charge in [-0.1, -0.05) is 19.3 Å². The van der Waals surface area contributed by atoms with Gasteiger partial charge in [0.25, 0.3) is 0 Å². The molecule has 0 aliphatic heterocycles. The van der Waals surface area contributed by atoms with E-state index in [0.29, 0.717) is 31.1 Å². The van der Waals surface area contributed by atoms with Gasteiger partial charge in [0.15, 0.2) is 5.43 Å². The van der Waals surface area contributed by atoms with Gasteiger partial charge in [0, 0.05) is 36.7 Å². The number of nitrogens with zero attached hydrogens (tertiary/aromatic N) is 1. The third kappa shape index (κ3) is 9.27. The molecule has 0 saturated heterocycles. The van der Waals surface area contributed by atoms with E-state index in [1.807, 2.05) is 43.3 Å². The van der Waals surface area contributed by atoms with Crippen LogP contribution in [0.1, 0.15) is 38.5 Å². The zero-order valence-corrected chi connectivity index (χ0v) is 22.0. The molecule has 3 rings (SSSR count). The molecule has 3 aromatic rings. The SMILES string of the molecule is CN(C)CCOc1ccc(-c2cc(=O)c3c(O)cc(OCCCCCCCC(=O)NO)cc3o2)cc1.Cl. The molecule has 10 heteroatoms. The number of halogens is 1. The summed E-state index contributed by atoms with van der Waals surface area (Å²) in [6.07, 6.45) is 4.60. The van der Waals surface area contributed by atoms with Crippen LogP contribution in [0.4, 0.5) is 0 Å². The fraction of sp³-hybridized carbons (Fsp3) is 0.407. The van der Waals surface area contributed by atoms with Crippen LogP contribution in [-0.4, -0.2) is 55.0 Å². The Morgan fingerprint density at radius 1 is 0.946 bits per heavy atom. The van der Waals surface area contributed by atoms with Crippen molar-refractivity contribution < 1.29 is 29.0 Å². The van der Waals surface area contributed by atoms with Gasteiger partial charge in [0.1, 0.15) is 40.6 Å². The number of hydrogen-bond acceptors (Lipinski definition) is 8. The molecular formula is C27H35ClN2O7. The van der Waals surface area contributed by atoms with E-state index in [0.717, 1.165) is 50.0 Å². The third-order valence-electron chi connectivity index (χ3n) is 5.67. The first-order valence-electron chi connectivity index (χ1n) is 12.1. The fourth-order valence-electron chi connectivity index (χ4n) is 3.69. The Kier molecular flexibility index (Phi) is 12.2. The lowest BCUT2D eigenvalue weighted by atomic mass is 10.1. The van der Waals surface area contributed by atoms with E-state index >= 15 is 0 Å². The lowest BCUT2D eigenvalue weighted by molar-refractivity contribution is -0.129. The Bertz CT molecular complexity index is 1200. The Balaban J connectivity index is 0.00000481. The lowest BCUT2D eigenvalue weighted by Gasteiger charge is -2.11.